The number of hydrogen-bond donors (Lipinski definition) is 1. The van der Waals surface area contributed by atoms with Gasteiger partial charge in [0.1, 0.15) is 5.75 Å². The zero-order chi connectivity index (χ0) is 12.4. The third kappa shape index (κ3) is 2.21. The van der Waals surface area contributed by atoms with E-state index in [9.17, 15) is 0 Å². The average molecular weight is 247 g/mol. The molecule has 0 fully saturated rings. The van der Waals surface area contributed by atoms with Crippen LogP contribution in [0.1, 0.15) is 16.7 Å². The second-order valence-electron chi connectivity index (χ2n) is 4.18. The molecule has 0 aliphatic carbocycles. The number of hydrogen-bond acceptors (Lipinski definition) is 3. The fourth-order valence-electron chi connectivity index (χ4n) is 2.14. The molecule has 0 atom stereocenters. The second kappa shape index (κ2) is 4.90. The normalized spacial score (nSPS) is 10.6. The van der Waals surface area contributed by atoms with Crippen molar-refractivity contribution in [3.05, 3.63) is 39.6 Å². The lowest BCUT2D eigenvalue weighted by molar-refractivity contribution is 0.413. The van der Waals surface area contributed by atoms with Crippen molar-refractivity contribution in [1.82, 2.24) is 0 Å². The third-order valence-electron chi connectivity index (χ3n) is 2.88. The first-order valence-corrected chi connectivity index (χ1v) is 6.52. The van der Waals surface area contributed by atoms with Crippen LogP contribution in [0, 0.1) is 13.8 Å². The maximum Gasteiger partial charge on any atom is 0.129 e. The molecule has 2 N–H and O–H groups in total. The van der Waals surface area contributed by atoms with E-state index >= 15 is 0 Å². The van der Waals surface area contributed by atoms with Crippen molar-refractivity contribution >= 4 is 11.3 Å². The lowest BCUT2D eigenvalue weighted by Gasteiger charge is -2.13. The highest BCUT2D eigenvalue weighted by atomic mass is 32.1. The molecule has 2 nitrogen and oxygen atoms in total. The van der Waals surface area contributed by atoms with Crippen LogP contribution in [-0.4, -0.2) is 7.11 Å². The van der Waals surface area contributed by atoms with Gasteiger partial charge >= 0.3 is 0 Å². The van der Waals surface area contributed by atoms with E-state index in [1.807, 2.05) is 0 Å². The molecule has 17 heavy (non-hydrogen) atoms. The maximum absolute atomic E-state index is 5.77. The SMILES string of the molecule is COc1c(C)cc(C)cc1-c1cscc1CN. The van der Waals surface area contributed by atoms with Crippen LogP contribution in [-0.2, 0) is 6.54 Å². The zero-order valence-electron chi connectivity index (χ0n) is 10.4. The lowest BCUT2D eigenvalue weighted by Crippen LogP contribution is -1.98. The topological polar surface area (TPSA) is 35.2 Å². The summed E-state index contributed by atoms with van der Waals surface area (Å²) in [7, 11) is 1.72. The van der Waals surface area contributed by atoms with Gasteiger partial charge in [0.05, 0.1) is 7.11 Å². The highest BCUT2D eigenvalue weighted by Crippen LogP contribution is 2.37. The summed E-state index contributed by atoms with van der Waals surface area (Å²) >= 11 is 1.68. The Balaban J connectivity index is 2.66. The Morgan fingerprint density at radius 2 is 1.94 bits per heavy atom. The van der Waals surface area contributed by atoms with Gasteiger partial charge in [-0.25, -0.2) is 0 Å². The van der Waals surface area contributed by atoms with Crippen molar-refractivity contribution < 1.29 is 4.74 Å². The van der Waals surface area contributed by atoms with E-state index in [2.05, 4.69) is 36.7 Å². The summed E-state index contributed by atoms with van der Waals surface area (Å²) in [6.07, 6.45) is 0. The first-order chi connectivity index (χ1) is 8.17. The Morgan fingerprint density at radius 3 is 2.59 bits per heavy atom. The number of thiophene rings is 1. The van der Waals surface area contributed by atoms with Crippen LogP contribution in [0.15, 0.2) is 22.9 Å². The Kier molecular flexibility index (Phi) is 3.50. The Bertz CT molecular complexity index is 531. The van der Waals surface area contributed by atoms with E-state index in [0.717, 1.165) is 16.9 Å². The summed E-state index contributed by atoms with van der Waals surface area (Å²) in [5.74, 6) is 0.948. The Morgan fingerprint density at radius 1 is 1.18 bits per heavy atom. The molecule has 0 radical (unpaired) electrons. The molecule has 1 aromatic carbocycles. The molecule has 0 amide bonds. The van der Waals surface area contributed by atoms with Crippen LogP contribution in [0.5, 0.6) is 5.75 Å². The molecule has 2 rings (SSSR count). The summed E-state index contributed by atoms with van der Waals surface area (Å²) in [4.78, 5) is 0. The van der Waals surface area contributed by atoms with E-state index in [-0.39, 0.29) is 0 Å². The van der Waals surface area contributed by atoms with Crippen LogP contribution in [0.2, 0.25) is 0 Å². The van der Waals surface area contributed by atoms with Gasteiger partial charge in [0.2, 0.25) is 0 Å². The zero-order valence-corrected chi connectivity index (χ0v) is 11.2. The van der Waals surface area contributed by atoms with Gasteiger partial charge in [-0.1, -0.05) is 6.07 Å². The van der Waals surface area contributed by atoms with Crippen molar-refractivity contribution in [2.24, 2.45) is 5.73 Å². The largest absolute Gasteiger partial charge is 0.496 e. The Hall–Kier alpha value is -1.32. The van der Waals surface area contributed by atoms with Crippen LogP contribution in [0.3, 0.4) is 0 Å². The molecule has 1 aromatic heterocycles. The molecule has 2 aromatic rings. The minimum absolute atomic E-state index is 0.564. The molecule has 3 heteroatoms. The van der Waals surface area contributed by atoms with Gasteiger partial charge in [-0.05, 0) is 47.4 Å². The molecule has 0 saturated heterocycles. The van der Waals surface area contributed by atoms with Gasteiger partial charge in [-0.3, -0.25) is 0 Å². The lowest BCUT2D eigenvalue weighted by atomic mass is 9.98. The number of nitrogens with two attached hydrogens (primary N) is 1. The van der Waals surface area contributed by atoms with Gasteiger partial charge in [-0.15, -0.1) is 0 Å². The number of methoxy groups -OCH3 is 1. The standard InChI is InChI=1S/C14H17NOS/c1-9-4-10(2)14(16-3)12(5-9)13-8-17-7-11(13)6-15/h4-5,7-8H,6,15H2,1-3H3. The van der Waals surface area contributed by atoms with Crippen molar-refractivity contribution in [2.45, 2.75) is 20.4 Å². The highest BCUT2D eigenvalue weighted by Gasteiger charge is 2.13. The third-order valence-corrected chi connectivity index (χ3v) is 3.67. The molecule has 0 spiro atoms. The predicted octanol–water partition coefficient (Wildman–Crippen LogP) is 3.50. The van der Waals surface area contributed by atoms with E-state index in [4.69, 9.17) is 10.5 Å². The minimum Gasteiger partial charge on any atom is -0.496 e. The number of ether oxygens (including phenoxy) is 1. The van der Waals surface area contributed by atoms with Crippen molar-refractivity contribution in [1.29, 1.82) is 0 Å². The minimum atomic E-state index is 0.564. The van der Waals surface area contributed by atoms with Gasteiger partial charge < -0.3 is 10.5 Å². The van der Waals surface area contributed by atoms with Gasteiger partial charge in [0.15, 0.2) is 0 Å². The monoisotopic (exact) mass is 247 g/mol. The second-order valence-corrected chi connectivity index (χ2v) is 4.92. The smallest absolute Gasteiger partial charge is 0.129 e. The molecule has 0 unspecified atom stereocenters. The van der Waals surface area contributed by atoms with Gasteiger partial charge in [0.25, 0.3) is 0 Å². The maximum atomic E-state index is 5.77. The summed E-state index contributed by atoms with van der Waals surface area (Å²) < 4.78 is 5.52. The number of benzene rings is 1. The number of rotatable bonds is 3. The molecule has 0 bridgehead atoms. The van der Waals surface area contributed by atoms with Gasteiger partial charge in [0, 0.05) is 17.7 Å². The molecule has 0 saturated carbocycles. The quantitative estimate of drug-likeness (QED) is 0.901. The molecule has 0 aliphatic rings. The van der Waals surface area contributed by atoms with Crippen molar-refractivity contribution in [3.8, 4) is 16.9 Å². The fraction of sp³-hybridized carbons (Fsp3) is 0.286. The summed E-state index contributed by atoms with van der Waals surface area (Å²) in [6, 6.07) is 4.30. The number of aryl methyl sites for hydroxylation is 2. The first-order valence-electron chi connectivity index (χ1n) is 5.58. The van der Waals surface area contributed by atoms with E-state index < -0.39 is 0 Å². The molecule has 1 heterocycles. The fourth-order valence-corrected chi connectivity index (χ4v) is 3.01. The van der Waals surface area contributed by atoms with Crippen LogP contribution in [0.25, 0.3) is 11.1 Å². The summed E-state index contributed by atoms with van der Waals surface area (Å²) in [6.45, 7) is 4.74. The molecule has 0 aliphatic heterocycles. The molecular weight excluding hydrogens is 230 g/mol. The van der Waals surface area contributed by atoms with E-state index in [1.54, 1.807) is 18.4 Å². The predicted molar refractivity (Wildman–Crippen MR) is 73.7 cm³/mol. The Labute approximate surface area is 106 Å². The summed E-state index contributed by atoms with van der Waals surface area (Å²) in [5.41, 5.74) is 11.7. The highest BCUT2D eigenvalue weighted by molar-refractivity contribution is 7.08. The van der Waals surface area contributed by atoms with Crippen LogP contribution >= 0.6 is 11.3 Å². The molecule has 90 valence electrons. The van der Waals surface area contributed by atoms with Crippen LogP contribution < -0.4 is 10.5 Å². The van der Waals surface area contributed by atoms with Crippen molar-refractivity contribution in [3.63, 3.8) is 0 Å². The van der Waals surface area contributed by atoms with Crippen molar-refractivity contribution in [2.75, 3.05) is 7.11 Å². The van der Waals surface area contributed by atoms with Crippen LogP contribution in [0.4, 0.5) is 0 Å². The first kappa shape index (κ1) is 12.1. The average Bonchev–Trinajstić information content (AvgIpc) is 2.75. The summed E-state index contributed by atoms with van der Waals surface area (Å²) in [5, 5.41) is 4.24. The van der Waals surface area contributed by atoms with E-state index in [0.29, 0.717) is 6.54 Å². The van der Waals surface area contributed by atoms with E-state index in [1.165, 1.54) is 16.7 Å². The molecular formula is C14H17NOS. The van der Waals surface area contributed by atoms with Gasteiger partial charge in [-0.2, -0.15) is 11.3 Å².